The Hall–Kier alpha value is -1.71. The zero-order valence-electron chi connectivity index (χ0n) is 22.6. The smallest absolute Gasteiger partial charge is 0.319 e. The van der Waals surface area contributed by atoms with Crippen molar-refractivity contribution in [3.8, 4) is 0 Å². The molecule has 4 fully saturated rings. The van der Waals surface area contributed by atoms with Gasteiger partial charge in [0.25, 0.3) is 0 Å². The minimum absolute atomic E-state index is 0.133. The van der Waals surface area contributed by atoms with Crippen LogP contribution in [0.15, 0.2) is 23.3 Å². The van der Waals surface area contributed by atoms with E-state index in [0.717, 1.165) is 49.7 Å². The summed E-state index contributed by atoms with van der Waals surface area (Å²) in [4.78, 5) is 41.1. The van der Waals surface area contributed by atoms with Gasteiger partial charge in [-0.05, 0) is 72.8 Å². The van der Waals surface area contributed by atoms with Gasteiger partial charge in [-0.1, -0.05) is 73.5 Å². The van der Waals surface area contributed by atoms with E-state index in [9.17, 15) is 14.4 Å². The molecule has 4 rings (SSSR count). The van der Waals surface area contributed by atoms with Crippen molar-refractivity contribution in [2.75, 3.05) is 6.61 Å². The lowest BCUT2D eigenvalue weighted by Gasteiger charge is -2.31. The zero-order chi connectivity index (χ0) is 25.3. The van der Waals surface area contributed by atoms with Crippen LogP contribution in [-0.2, 0) is 19.1 Å². The van der Waals surface area contributed by atoms with Gasteiger partial charge in [-0.15, -0.1) is 0 Å². The van der Waals surface area contributed by atoms with Gasteiger partial charge in [0, 0.05) is 10.8 Å². The number of rotatable bonds is 7. The molecular weight excluding hydrogens is 424 g/mol. The Morgan fingerprint density at radius 1 is 0.882 bits per heavy atom. The van der Waals surface area contributed by atoms with Gasteiger partial charge in [0.05, 0.1) is 6.61 Å². The number of Topliss-reactive ketones (excluding diaryl/α,β-unsaturated/α-hetero) is 2. The van der Waals surface area contributed by atoms with E-state index in [4.69, 9.17) is 4.74 Å². The normalized spacial score (nSPS) is 39.3. The predicted molar refractivity (Wildman–Crippen MR) is 134 cm³/mol. The lowest BCUT2D eigenvalue weighted by molar-refractivity contribution is -0.150. The number of hydrogen-bond donors (Lipinski definition) is 0. The highest BCUT2D eigenvalue weighted by molar-refractivity contribution is 6.07. The van der Waals surface area contributed by atoms with Crippen LogP contribution >= 0.6 is 0 Å². The van der Waals surface area contributed by atoms with Crippen LogP contribution in [0.25, 0.3) is 0 Å². The first-order chi connectivity index (χ1) is 15.7. The lowest BCUT2D eigenvalue weighted by Crippen LogP contribution is -2.34. The summed E-state index contributed by atoms with van der Waals surface area (Å²) in [5.74, 6) is 0.334. The van der Waals surface area contributed by atoms with Gasteiger partial charge >= 0.3 is 5.97 Å². The quantitative estimate of drug-likeness (QED) is 0.311. The van der Waals surface area contributed by atoms with Crippen molar-refractivity contribution < 1.29 is 19.1 Å². The number of allylic oxidation sites excluding steroid dienone is 2. The van der Waals surface area contributed by atoms with Crippen molar-refractivity contribution in [2.45, 2.75) is 100 Å². The Balaban J connectivity index is 1.90. The average molecular weight is 469 g/mol. The third-order valence-electron chi connectivity index (χ3n) is 11.2. The molecule has 0 amide bonds. The van der Waals surface area contributed by atoms with Gasteiger partial charge in [-0.3, -0.25) is 14.4 Å². The molecule has 0 aromatic rings. The summed E-state index contributed by atoms with van der Waals surface area (Å²) in [6.45, 7) is 17.2. The van der Waals surface area contributed by atoms with Gasteiger partial charge in [-0.2, -0.15) is 0 Å². The SMILES string of the molecule is CCCCC(/C=C1\C(=O)[C@@]2(C)CC[C@H]1C2(C)C)(/C=C1\C(=O)[C@@]2(C)CC[C@@H]1C2(C)C)C(=O)OCC. The second-order valence-electron chi connectivity index (χ2n) is 13.0. The van der Waals surface area contributed by atoms with Gasteiger partial charge in [0.15, 0.2) is 11.6 Å². The molecule has 0 aromatic heterocycles. The van der Waals surface area contributed by atoms with Gasteiger partial charge < -0.3 is 4.74 Å². The van der Waals surface area contributed by atoms with Crippen LogP contribution in [0.1, 0.15) is 100 Å². The van der Waals surface area contributed by atoms with Crippen LogP contribution in [0.4, 0.5) is 0 Å². The Bertz CT molecular complexity index is 916. The van der Waals surface area contributed by atoms with Crippen LogP contribution in [0, 0.1) is 38.9 Å². The summed E-state index contributed by atoms with van der Waals surface area (Å²) in [5, 5.41) is 0. The molecule has 4 aliphatic carbocycles. The van der Waals surface area contributed by atoms with Gasteiger partial charge in [0.2, 0.25) is 0 Å². The Morgan fingerprint density at radius 3 is 1.65 bits per heavy atom. The predicted octanol–water partition coefficient (Wildman–Crippen LogP) is 6.63. The number of unbranched alkanes of at least 4 members (excludes halogenated alkanes) is 1. The summed E-state index contributed by atoms with van der Waals surface area (Å²) in [5.41, 5.74) is -0.533. The maximum absolute atomic E-state index is 13.7. The van der Waals surface area contributed by atoms with E-state index in [-0.39, 0.29) is 57.6 Å². The molecule has 4 heteroatoms. The highest BCUT2D eigenvalue weighted by atomic mass is 16.5. The highest BCUT2D eigenvalue weighted by Gasteiger charge is 2.66. The Labute approximate surface area is 206 Å². The molecule has 0 aliphatic heterocycles. The van der Waals surface area contributed by atoms with Crippen molar-refractivity contribution in [1.82, 2.24) is 0 Å². The van der Waals surface area contributed by atoms with E-state index in [1.165, 1.54) is 0 Å². The number of ketones is 2. The summed E-state index contributed by atoms with van der Waals surface area (Å²) in [6, 6.07) is 0. The average Bonchev–Trinajstić information content (AvgIpc) is 3.25. The molecule has 4 bridgehead atoms. The molecule has 188 valence electrons. The summed E-state index contributed by atoms with van der Waals surface area (Å²) < 4.78 is 5.66. The summed E-state index contributed by atoms with van der Waals surface area (Å²) >= 11 is 0. The van der Waals surface area contributed by atoms with Crippen molar-refractivity contribution >= 4 is 17.5 Å². The molecule has 5 atom stereocenters. The minimum Gasteiger partial charge on any atom is -0.465 e. The molecule has 4 nitrogen and oxygen atoms in total. The molecule has 1 unspecified atom stereocenters. The monoisotopic (exact) mass is 468 g/mol. The molecule has 4 aliphatic rings. The van der Waals surface area contributed by atoms with Gasteiger partial charge in [0.1, 0.15) is 5.41 Å². The van der Waals surface area contributed by atoms with E-state index in [1.807, 2.05) is 19.1 Å². The maximum atomic E-state index is 13.7. The first kappa shape index (κ1) is 25.4. The fraction of sp³-hybridized carbons (Fsp3) is 0.767. The van der Waals surface area contributed by atoms with E-state index in [0.29, 0.717) is 6.42 Å². The standard InChI is InChI=1S/C30H44O4/c1-9-11-14-30(25(33)34-10-2,17-19-21-12-15-28(7,23(19)31)26(21,3)4)18-20-22-13-16-29(8,24(20)32)27(22,5)6/h17-18,21-22H,9-16H2,1-8H3/b19-17-,20-18-/t21-,22+,28-,29-,30?/m1/s1. The molecule has 0 saturated heterocycles. The molecule has 0 radical (unpaired) electrons. The van der Waals surface area contributed by atoms with Crippen molar-refractivity contribution in [3.63, 3.8) is 0 Å². The largest absolute Gasteiger partial charge is 0.465 e. The number of hydrogen-bond acceptors (Lipinski definition) is 4. The number of carbonyl (C=O) groups excluding carboxylic acids is 3. The van der Waals surface area contributed by atoms with E-state index in [2.05, 4.69) is 48.5 Å². The van der Waals surface area contributed by atoms with Crippen molar-refractivity contribution in [3.05, 3.63) is 23.3 Å². The zero-order valence-corrected chi connectivity index (χ0v) is 22.6. The van der Waals surface area contributed by atoms with E-state index >= 15 is 0 Å². The van der Waals surface area contributed by atoms with Crippen LogP contribution in [0.2, 0.25) is 0 Å². The lowest BCUT2D eigenvalue weighted by atomic mass is 9.70. The molecule has 0 N–H and O–H groups in total. The van der Waals surface area contributed by atoms with Crippen LogP contribution in [-0.4, -0.2) is 24.1 Å². The first-order valence-electron chi connectivity index (χ1n) is 13.5. The molecule has 0 spiro atoms. The van der Waals surface area contributed by atoms with Crippen molar-refractivity contribution in [1.29, 1.82) is 0 Å². The fourth-order valence-electron chi connectivity index (χ4n) is 7.88. The van der Waals surface area contributed by atoms with Crippen LogP contribution in [0.5, 0.6) is 0 Å². The number of fused-ring (bicyclic) bond motifs is 4. The Kier molecular flexibility index (Phi) is 5.90. The fourth-order valence-corrected chi connectivity index (χ4v) is 7.88. The third kappa shape index (κ3) is 3.05. The van der Waals surface area contributed by atoms with E-state index < -0.39 is 5.41 Å². The molecule has 0 heterocycles. The van der Waals surface area contributed by atoms with E-state index in [1.54, 1.807) is 0 Å². The van der Waals surface area contributed by atoms with Crippen LogP contribution < -0.4 is 0 Å². The van der Waals surface area contributed by atoms with Crippen LogP contribution in [0.3, 0.4) is 0 Å². The summed E-state index contributed by atoms with van der Waals surface area (Å²) in [7, 11) is 0. The minimum atomic E-state index is -1.07. The summed E-state index contributed by atoms with van der Waals surface area (Å²) in [6.07, 6.45) is 9.97. The first-order valence-corrected chi connectivity index (χ1v) is 13.5. The second kappa shape index (κ2) is 7.90. The number of ether oxygens (including phenoxy) is 1. The molecule has 0 aromatic carbocycles. The maximum Gasteiger partial charge on any atom is 0.319 e. The highest BCUT2D eigenvalue weighted by Crippen LogP contribution is 2.67. The molecule has 34 heavy (non-hydrogen) atoms. The number of esters is 1. The van der Waals surface area contributed by atoms with Gasteiger partial charge in [-0.25, -0.2) is 0 Å². The molecule has 4 saturated carbocycles. The molecular formula is C30H44O4. The Morgan fingerprint density at radius 2 is 1.32 bits per heavy atom. The second-order valence-corrected chi connectivity index (χ2v) is 13.0. The van der Waals surface area contributed by atoms with Crippen molar-refractivity contribution in [2.24, 2.45) is 38.9 Å². The third-order valence-corrected chi connectivity index (χ3v) is 11.2. The number of carbonyl (C=O) groups is 3. The topological polar surface area (TPSA) is 60.4 Å².